The molecule has 30 heavy (non-hydrogen) atoms. The number of nitrogens with zero attached hydrogens (tertiary/aromatic N) is 3. The highest BCUT2D eigenvalue weighted by molar-refractivity contribution is 7.99. The van der Waals surface area contributed by atoms with Crippen molar-refractivity contribution in [3.05, 3.63) is 72.3 Å². The minimum Gasteiger partial charge on any atom is -0.349 e. The maximum atomic E-state index is 12.5. The van der Waals surface area contributed by atoms with E-state index in [1.807, 2.05) is 49.4 Å². The van der Waals surface area contributed by atoms with E-state index in [0.717, 1.165) is 32.8 Å². The second-order valence-corrected chi connectivity index (χ2v) is 8.05. The number of para-hydroxylation sites is 1. The van der Waals surface area contributed by atoms with E-state index in [2.05, 4.69) is 49.7 Å². The topological polar surface area (TPSA) is 83.6 Å². The van der Waals surface area contributed by atoms with E-state index in [-0.39, 0.29) is 17.7 Å². The third-order valence-electron chi connectivity index (χ3n) is 5.10. The first-order valence-corrected chi connectivity index (χ1v) is 10.7. The number of carbonyl (C=O) groups is 1. The van der Waals surface area contributed by atoms with Crippen LogP contribution < -0.4 is 5.32 Å². The highest BCUT2D eigenvalue weighted by Gasteiger charge is 2.14. The molecule has 148 valence electrons. The number of carbonyl (C=O) groups excluding carboxylic acids is 1. The van der Waals surface area contributed by atoms with Gasteiger partial charge in [0.15, 0.2) is 5.65 Å². The molecule has 0 unspecified atom stereocenters. The molecule has 0 saturated carbocycles. The molecule has 5 aromatic rings. The van der Waals surface area contributed by atoms with Gasteiger partial charge in [-0.2, -0.15) is 0 Å². The summed E-state index contributed by atoms with van der Waals surface area (Å²) in [6.07, 6.45) is 0. The van der Waals surface area contributed by atoms with Crippen molar-refractivity contribution in [1.29, 1.82) is 0 Å². The fraction of sp³-hybridized carbons (Fsp3) is 0.130. The van der Waals surface area contributed by atoms with Gasteiger partial charge in [-0.1, -0.05) is 72.4 Å². The lowest BCUT2D eigenvalue weighted by Crippen LogP contribution is -2.28. The summed E-state index contributed by atoms with van der Waals surface area (Å²) < 4.78 is 0. The third kappa shape index (κ3) is 3.48. The van der Waals surface area contributed by atoms with Crippen LogP contribution in [0.2, 0.25) is 0 Å². The van der Waals surface area contributed by atoms with Gasteiger partial charge in [0.25, 0.3) is 0 Å². The van der Waals surface area contributed by atoms with E-state index >= 15 is 0 Å². The number of aromatic nitrogens is 4. The van der Waals surface area contributed by atoms with Crippen molar-refractivity contribution in [2.45, 2.75) is 18.1 Å². The number of amides is 1. The standard InChI is InChI=1S/C23H19N5OS/c1-14(16-11-6-8-15-7-2-3-9-17(15)16)24-20(29)13-30-23-26-22-21(27-28-23)18-10-4-5-12-19(18)25-22/h2-12,14H,13H2,1H3,(H,24,29)(H,25,26,28)/t14-/m0/s1. The summed E-state index contributed by atoms with van der Waals surface area (Å²) in [6.45, 7) is 2.00. The lowest BCUT2D eigenvalue weighted by Gasteiger charge is -2.16. The summed E-state index contributed by atoms with van der Waals surface area (Å²) >= 11 is 1.28. The molecule has 2 aromatic heterocycles. The molecule has 0 aliphatic rings. The SMILES string of the molecule is C[C@H](NC(=O)CSc1nnc2c(n1)[nH]c1ccccc12)c1cccc2ccccc12. The predicted octanol–water partition coefficient (Wildman–Crippen LogP) is 4.63. The minimum atomic E-state index is -0.0978. The summed E-state index contributed by atoms with van der Waals surface area (Å²) in [4.78, 5) is 20.3. The number of aromatic amines is 1. The number of rotatable bonds is 5. The van der Waals surface area contributed by atoms with Crippen LogP contribution in [0, 0.1) is 0 Å². The molecule has 1 atom stereocenters. The van der Waals surface area contributed by atoms with E-state index in [0.29, 0.717) is 10.8 Å². The quantitative estimate of drug-likeness (QED) is 0.411. The molecule has 0 saturated heterocycles. The van der Waals surface area contributed by atoms with Gasteiger partial charge in [0, 0.05) is 10.9 Å². The second kappa shape index (κ2) is 7.76. The summed E-state index contributed by atoms with van der Waals surface area (Å²) in [6, 6.07) is 22.1. The van der Waals surface area contributed by atoms with Crippen LogP contribution >= 0.6 is 11.8 Å². The first-order chi connectivity index (χ1) is 14.7. The maximum absolute atomic E-state index is 12.5. The van der Waals surface area contributed by atoms with Crippen molar-refractivity contribution in [3.63, 3.8) is 0 Å². The molecule has 7 heteroatoms. The molecule has 0 radical (unpaired) electrons. The molecule has 3 aromatic carbocycles. The zero-order chi connectivity index (χ0) is 20.5. The van der Waals surface area contributed by atoms with Crippen molar-refractivity contribution in [2.75, 3.05) is 5.75 Å². The molecule has 0 spiro atoms. The number of thioether (sulfide) groups is 1. The van der Waals surface area contributed by atoms with Gasteiger partial charge in [0.2, 0.25) is 11.1 Å². The first kappa shape index (κ1) is 18.6. The Kier molecular flexibility index (Phi) is 4.80. The predicted molar refractivity (Wildman–Crippen MR) is 120 cm³/mol. The summed E-state index contributed by atoms with van der Waals surface area (Å²) in [7, 11) is 0. The normalized spacial score (nSPS) is 12.4. The molecule has 0 bridgehead atoms. The minimum absolute atomic E-state index is 0.0687. The van der Waals surface area contributed by atoms with Crippen LogP contribution in [0.3, 0.4) is 0 Å². The number of benzene rings is 3. The number of fused-ring (bicyclic) bond motifs is 4. The Balaban J connectivity index is 1.28. The molecule has 2 N–H and O–H groups in total. The zero-order valence-electron chi connectivity index (χ0n) is 16.3. The number of hydrogen-bond acceptors (Lipinski definition) is 5. The van der Waals surface area contributed by atoms with Crippen LogP contribution in [0.25, 0.3) is 32.8 Å². The Morgan fingerprint density at radius 1 is 1.00 bits per heavy atom. The van der Waals surface area contributed by atoms with E-state index in [1.165, 1.54) is 11.8 Å². The van der Waals surface area contributed by atoms with E-state index in [9.17, 15) is 4.79 Å². The van der Waals surface area contributed by atoms with E-state index < -0.39 is 0 Å². The largest absolute Gasteiger partial charge is 0.349 e. The Bertz CT molecular complexity index is 1370. The number of hydrogen-bond donors (Lipinski definition) is 2. The van der Waals surface area contributed by atoms with Crippen LogP contribution in [0.4, 0.5) is 0 Å². The van der Waals surface area contributed by atoms with Crippen LogP contribution in [-0.4, -0.2) is 31.8 Å². The van der Waals surface area contributed by atoms with Crippen molar-refractivity contribution >= 4 is 50.5 Å². The summed E-state index contributed by atoms with van der Waals surface area (Å²) in [5.74, 6) is 0.156. The fourth-order valence-electron chi connectivity index (χ4n) is 3.69. The van der Waals surface area contributed by atoms with Gasteiger partial charge in [-0.3, -0.25) is 4.79 Å². The fourth-order valence-corrected chi connectivity index (χ4v) is 4.28. The van der Waals surface area contributed by atoms with Crippen LogP contribution in [-0.2, 0) is 4.79 Å². The van der Waals surface area contributed by atoms with Crippen molar-refractivity contribution in [1.82, 2.24) is 25.5 Å². The van der Waals surface area contributed by atoms with Crippen molar-refractivity contribution in [2.24, 2.45) is 0 Å². The molecular formula is C23H19N5OS. The van der Waals surface area contributed by atoms with Gasteiger partial charge >= 0.3 is 0 Å². The first-order valence-electron chi connectivity index (χ1n) is 9.70. The third-order valence-corrected chi connectivity index (χ3v) is 5.94. The summed E-state index contributed by atoms with van der Waals surface area (Å²) in [5, 5.41) is 15.3. The van der Waals surface area contributed by atoms with Gasteiger partial charge < -0.3 is 10.3 Å². The van der Waals surface area contributed by atoms with Crippen LogP contribution in [0.15, 0.2) is 71.9 Å². The van der Waals surface area contributed by atoms with Gasteiger partial charge in [-0.25, -0.2) is 4.98 Å². The van der Waals surface area contributed by atoms with Crippen LogP contribution in [0.5, 0.6) is 0 Å². The maximum Gasteiger partial charge on any atom is 0.230 e. The van der Waals surface area contributed by atoms with E-state index in [1.54, 1.807) is 0 Å². The van der Waals surface area contributed by atoms with Gasteiger partial charge in [-0.05, 0) is 29.3 Å². The number of nitrogens with one attached hydrogen (secondary N) is 2. The lowest BCUT2D eigenvalue weighted by atomic mass is 10.00. The van der Waals surface area contributed by atoms with Gasteiger partial charge in [0.1, 0.15) is 5.52 Å². The van der Waals surface area contributed by atoms with E-state index in [4.69, 9.17) is 0 Å². The van der Waals surface area contributed by atoms with Crippen LogP contribution in [0.1, 0.15) is 18.5 Å². The Morgan fingerprint density at radius 3 is 2.67 bits per heavy atom. The highest BCUT2D eigenvalue weighted by atomic mass is 32.2. The second-order valence-electron chi connectivity index (χ2n) is 7.11. The molecule has 2 heterocycles. The monoisotopic (exact) mass is 413 g/mol. The molecule has 0 aliphatic carbocycles. The molecular weight excluding hydrogens is 394 g/mol. The Morgan fingerprint density at radius 2 is 1.77 bits per heavy atom. The van der Waals surface area contributed by atoms with Gasteiger partial charge in [-0.15, -0.1) is 10.2 Å². The molecule has 0 fully saturated rings. The average Bonchev–Trinajstić information content (AvgIpc) is 3.15. The smallest absolute Gasteiger partial charge is 0.230 e. The number of H-pyrrole nitrogens is 1. The van der Waals surface area contributed by atoms with Crippen molar-refractivity contribution < 1.29 is 4.79 Å². The zero-order valence-corrected chi connectivity index (χ0v) is 17.1. The average molecular weight is 414 g/mol. The highest BCUT2D eigenvalue weighted by Crippen LogP contribution is 2.25. The molecule has 1 amide bonds. The molecule has 6 nitrogen and oxygen atoms in total. The van der Waals surface area contributed by atoms with Crippen molar-refractivity contribution in [3.8, 4) is 0 Å². The lowest BCUT2D eigenvalue weighted by molar-refractivity contribution is -0.119. The Hall–Kier alpha value is -3.45. The molecule has 0 aliphatic heterocycles. The summed E-state index contributed by atoms with van der Waals surface area (Å²) in [5.41, 5.74) is 3.49. The van der Waals surface area contributed by atoms with Gasteiger partial charge in [0.05, 0.1) is 11.8 Å². The Labute approximate surface area is 177 Å². The molecule has 5 rings (SSSR count).